The van der Waals surface area contributed by atoms with Gasteiger partial charge in [0.25, 0.3) is 0 Å². The Morgan fingerprint density at radius 1 is 1.45 bits per heavy atom. The number of piperidine rings is 1. The number of rotatable bonds is 2. The number of nitriles is 1. The topological polar surface area (TPSA) is 52.5 Å². The smallest absolute Gasteiger partial charge is 0.0992 e. The normalized spacial score (nSPS) is 36.8. The van der Waals surface area contributed by atoms with Crippen LogP contribution in [0.2, 0.25) is 0 Å². The number of fused-ring (bicyclic) bond motifs is 2. The number of hydrogen-bond acceptors (Lipinski definition) is 4. The maximum Gasteiger partial charge on any atom is 0.0992 e. The highest BCUT2D eigenvalue weighted by atomic mass is 16.6. The van der Waals surface area contributed by atoms with E-state index in [1.54, 1.807) is 12.3 Å². The molecule has 1 aromatic rings. The number of aromatic nitrogens is 1. The fourth-order valence-electron chi connectivity index (χ4n) is 4.21. The van der Waals surface area contributed by atoms with Crippen LogP contribution in [0, 0.1) is 11.3 Å². The second-order valence-electron chi connectivity index (χ2n) is 6.47. The van der Waals surface area contributed by atoms with Crippen molar-refractivity contribution in [2.45, 2.75) is 56.3 Å². The summed E-state index contributed by atoms with van der Waals surface area (Å²) in [5.74, 6) is 0. The molecule has 4 nitrogen and oxygen atoms in total. The number of nitrogens with zero attached hydrogens (tertiary/aromatic N) is 3. The van der Waals surface area contributed by atoms with Gasteiger partial charge in [0.1, 0.15) is 0 Å². The maximum absolute atomic E-state index is 9.04. The van der Waals surface area contributed by atoms with Gasteiger partial charge in [0, 0.05) is 24.3 Å². The Hall–Kier alpha value is -1.44. The van der Waals surface area contributed by atoms with E-state index in [0.717, 1.165) is 12.3 Å². The van der Waals surface area contributed by atoms with E-state index >= 15 is 0 Å². The largest absolute Gasteiger partial charge is 0.369 e. The predicted octanol–water partition coefficient (Wildman–Crippen LogP) is 2.41. The summed E-state index contributed by atoms with van der Waals surface area (Å²) in [5.41, 5.74) is 1.95. The van der Waals surface area contributed by atoms with Crippen LogP contribution in [0.4, 0.5) is 0 Å². The lowest BCUT2D eigenvalue weighted by molar-refractivity contribution is 0.0477. The lowest BCUT2D eigenvalue weighted by atomic mass is 9.89. The van der Waals surface area contributed by atoms with E-state index in [-0.39, 0.29) is 11.6 Å². The van der Waals surface area contributed by atoms with E-state index in [9.17, 15) is 0 Å². The van der Waals surface area contributed by atoms with Gasteiger partial charge in [-0.25, -0.2) is 0 Å². The van der Waals surface area contributed by atoms with Gasteiger partial charge in [0.2, 0.25) is 0 Å². The van der Waals surface area contributed by atoms with E-state index in [1.807, 2.05) is 6.07 Å². The molecule has 3 aliphatic heterocycles. The Kier molecular flexibility index (Phi) is 2.63. The number of epoxide rings is 1. The van der Waals surface area contributed by atoms with Crippen LogP contribution in [0.3, 0.4) is 0 Å². The standard InChI is InChI=1S/C16H19N3O/c1-11(15-6-12(9-17)4-5-18-15)19-13-2-3-14(19)8-16(7-13)10-20-16/h4-6,11,13-14H,2-3,7-8,10H2,1H3/t11-,13-,14+,16?/m1/s1. The van der Waals surface area contributed by atoms with Crippen molar-refractivity contribution in [1.82, 2.24) is 9.88 Å². The molecule has 104 valence electrons. The highest BCUT2D eigenvalue weighted by molar-refractivity contribution is 5.30. The average Bonchev–Trinajstić information content (AvgIpc) is 3.16. The summed E-state index contributed by atoms with van der Waals surface area (Å²) in [5, 5.41) is 9.04. The van der Waals surface area contributed by atoms with Gasteiger partial charge in [0.15, 0.2) is 0 Å². The summed E-state index contributed by atoms with van der Waals surface area (Å²) in [6.07, 6.45) is 6.65. The van der Waals surface area contributed by atoms with Gasteiger partial charge in [0.05, 0.1) is 29.5 Å². The first-order chi connectivity index (χ1) is 9.71. The van der Waals surface area contributed by atoms with E-state index in [4.69, 9.17) is 10.00 Å². The first kappa shape index (κ1) is 12.3. The molecule has 1 spiro atoms. The zero-order valence-corrected chi connectivity index (χ0v) is 11.7. The minimum atomic E-state index is 0.226. The molecule has 1 aromatic heterocycles. The molecule has 20 heavy (non-hydrogen) atoms. The van der Waals surface area contributed by atoms with Crippen molar-refractivity contribution in [3.05, 3.63) is 29.6 Å². The van der Waals surface area contributed by atoms with Gasteiger partial charge in [-0.3, -0.25) is 9.88 Å². The average molecular weight is 269 g/mol. The molecule has 4 heteroatoms. The Bertz CT molecular complexity index is 559. The molecular weight excluding hydrogens is 250 g/mol. The molecule has 4 heterocycles. The molecule has 0 aliphatic carbocycles. The van der Waals surface area contributed by atoms with Crippen LogP contribution in [0.5, 0.6) is 0 Å². The quantitative estimate of drug-likeness (QED) is 0.774. The van der Waals surface area contributed by atoms with Gasteiger partial charge < -0.3 is 4.74 Å². The molecule has 0 radical (unpaired) electrons. The highest BCUT2D eigenvalue weighted by Crippen LogP contribution is 2.51. The molecule has 0 saturated carbocycles. The molecular formula is C16H19N3O. The lowest BCUT2D eigenvalue weighted by Crippen LogP contribution is -2.47. The fraction of sp³-hybridized carbons (Fsp3) is 0.625. The molecule has 1 unspecified atom stereocenters. The number of pyridine rings is 1. The third kappa shape index (κ3) is 1.85. The van der Waals surface area contributed by atoms with Gasteiger partial charge in [-0.15, -0.1) is 0 Å². The zero-order chi connectivity index (χ0) is 13.7. The van der Waals surface area contributed by atoms with Crippen molar-refractivity contribution < 1.29 is 4.74 Å². The van der Waals surface area contributed by atoms with Crippen molar-refractivity contribution in [2.75, 3.05) is 6.61 Å². The molecule has 4 rings (SSSR count). The maximum atomic E-state index is 9.04. The van der Waals surface area contributed by atoms with Gasteiger partial charge in [-0.2, -0.15) is 5.26 Å². The van der Waals surface area contributed by atoms with Crippen LogP contribution in [-0.4, -0.2) is 34.2 Å². The Balaban J connectivity index is 1.59. The molecule has 0 aromatic carbocycles. The summed E-state index contributed by atoms with van der Waals surface area (Å²) in [6.45, 7) is 3.19. The van der Waals surface area contributed by atoms with Crippen molar-refractivity contribution in [2.24, 2.45) is 0 Å². The minimum absolute atomic E-state index is 0.226. The Morgan fingerprint density at radius 3 is 2.75 bits per heavy atom. The summed E-state index contributed by atoms with van der Waals surface area (Å²) in [4.78, 5) is 7.11. The first-order valence-electron chi connectivity index (χ1n) is 7.48. The Labute approximate surface area is 119 Å². The van der Waals surface area contributed by atoms with Crippen LogP contribution in [-0.2, 0) is 4.74 Å². The van der Waals surface area contributed by atoms with Crippen LogP contribution in [0.1, 0.15) is 49.9 Å². The van der Waals surface area contributed by atoms with Gasteiger partial charge >= 0.3 is 0 Å². The molecule has 2 bridgehead atoms. The molecule has 3 aliphatic rings. The van der Waals surface area contributed by atoms with Crippen molar-refractivity contribution in [1.29, 1.82) is 5.26 Å². The first-order valence-corrected chi connectivity index (χ1v) is 7.48. The van der Waals surface area contributed by atoms with E-state index < -0.39 is 0 Å². The second-order valence-corrected chi connectivity index (χ2v) is 6.47. The zero-order valence-electron chi connectivity index (χ0n) is 11.7. The van der Waals surface area contributed by atoms with Crippen LogP contribution in [0.15, 0.2) is 18.3 Å². The highest BCUT2D eigenvalue weighted by Gasteiger charge is 2.56. The Morgan fingerprint density at radius 2 is 2.15 bits per heavy atom. The lowest BCUT2D eigenvalue weighted by Gasteiger charge is -2.41. The van der Waals surface area contributed by atoms with Crippen molar-refractivity contribution in [3.8, 4) is 6.07 Å². The molecule has 0 amide bonds. The number of ether oxygens (including phenoxy) is 1. The molecule has 0 N–H and O–H groups in total. The third-order valence-electron chi connectivity index (χ3n) is 5.23. The van der Waals surface area contributed by atoms with Gasteiger partial charge in [-0.05, 0) is 44.7 Å². The molecule has 4 atom stereocenters. The van der Waals surface area contributed by atoms with E-state index in [0.29, 0.717) is 17.6 Å². The predicted molar refractivity (Wildman–Crippen MR) is 73.9 cm³/mol. The van der Waals surface area contributed by atoms with E-state index in [1.165, 1.54) is 25.7 Å². The third-order valence-corrected chi connectivity index (χ3v) is 5.23. The SMILES string of the molecule is C[C@H](c1cc(C#N)ccn1)N1[C@@H]2CC[C@H]1CC1(CO1)C2. The fourth-order valence-corrected chi connectivity index (χ4v) is 4.21. The van der Waals surface area contributed by atoms with Crippen molar-refractivity contribution >= 4 is 0 Å². The van der Waals surface area contributed by atoms with Crippen LogP contribution in [0.25, 0.3) is 0 Å². The second kappa shape index (κ2) is 4.28. The van der Waals surface area contributed by atoms with Crippen LogP contribution < -0.4 is 0 Å². The van der Waals surface area contributed by atoms with E-state index in [2.05, 4.69) is 22.9 Å². The molecule has 3 fully saturated rings. The summed E-state index contributed by atoms with van der Waals surface area (Å²) < 4.78 is 5.70. The van der Waals surface area contributed by atoms with Crippen molar-refractivity contribution in [3.63, 3.8) is 0 Å². The summed E-state index contributed by atoms with van der Waals surface area (Å²) in [6, 6.07) is 7.45. The monoisotopic (exact) mass is 269 g/mol. The summed E-state index contributed by atoms with van der Waals surface area (Å²) >= 11 is 0. The minimum Gasteiger partial charge on any atom is -0.369 e. The summed E-state index contributed by atoms with van der Waals surface area (Å²) in [7, 11) is 0. The van der Waals surface area contributed by atoms with Crippen LogP contribution >= 0.6 is 0 Å². The molecule has 3 saturated heterocycles. The van der Waals surface area contributed by atoms with Gasteiger partial charge in [-0.1, -0.05) is 0 Å². The number of hydrogen-bond donors (Lipinski definition) is 0.